The van der Waals surface area contributed by atoms with Gasteiger partial charge in [0, 0.05) is 24.1 Å². The molecule has 1 unspecified atom stereocenters. The average molecular weight is 422 g/mol. The summed E-state index contributed by atoms with van der Waals surface area (Å²) >= 11 is 3.54. The number of halogens is 2. The number of rotatable bonds is 7. The third-order valence-corrected chi connectivity index (χ3v) is 4.77. The first-order chi connectivity index (χ1) is 11.1. The Balaban J connectivity index is 0.00000288. The Kier molecular flexibility index (Phi) is 8.87. The Hall–Kier alpha value is -0.980. The molecule has 1 aliphatic heterocycles. The smallest absolute Gasteiger partial charge is 0.227 e. The zero-order chi connectivity index (χ0) is 16.8. The highest BCUT2D eigenvalue weighted by molar-refractivity contribution is 9.10. The van der Waals surface area contributed by atoms with E-state index in [1.54, 1.807) is 0 Å². The van der Waals surface area contributed by atoms with Gasteiger partial charge in [-0.15, -0.1) is 12.4 Å². The second-order valence-electron chi connectivity index (χ2n) is 5.58. The summed E-state index contributed by atoms with van der Waals surface area (Å²) in [6.07, 6.45) is 1.36. The third-order valence-electron chi connectivity index (χ3n) is 4.03. The van der Waals surface area contributed by atoms with Gasteiger partial charge in [0.2, 0.25) is 5.91 Å². The molecule has 1 aliphatic rings. The highest BCUT2D eigenvalue weighted by Gasteiger charge is 2.24. The summed E-state index contributed by atoms with van der Waals surface area (Å²) < 4.78 is 12.1. The SMILES string of the molecule is CCOc1cc(Br)c(CC(=O)N(C)C2CCNC2)cc1OCC.Cl. The minimum absolute atomic E-state index is 0. The van der Waals surface area contributed by atoms with Crippen LogP contribution in [0.1, 0.15) is 25.8 Å². The number of nitrogens with zero attached hydrogens (tertiary/aromatic N) is 1. The van der Waals surface area contributed by atoms with Gasteiger partial charge in [0.25, 0.3) is 0 Å². The molecule has 136 valence electrons. The fourth-order valence-corrected chi connectivity index (χ4v) is 3.17. The fraction of sp³-hybridized carbons (Fsp3) is 0.588. The lowest BCUT2D eigenvalue weighted by Crippen LogP contribution is -2.39. The van der Waals surface area contributed by atoms with Gasteiger partial charge in [0.05, 0.1) is 19.6 Å². The van der Waals surface area contributed by atoms with Crippen LogP contribution in [-0.2, 0) is 11.2 Å². The quantitative estimate of drug-likeness (QED) is 0.735. The van der Waals surface area contributed by atoms with E-state index >= 15 is 0 Å². The summed E-state index contributed by atoms with van der Waals surface area (Å²) in [5.41, 5.74) is 0.916. The van der Waals surface area contributed by atoms with E-state index in [0.29, 0.717) is 31.1 Å². The normalized spacial score (nSPS) is 16.4. The minimum atomic E-state index is 0. The molecular formula is C17H26BrClN2O3. The van der Waals surface area contributed by atoms with Crippen LogP contribution in [0.2, 0.25) is 0 Å². The molecule has 2 rings (SSSR count). The lowest BCUT2D eigenvalue weighted by molar-refractivity contribution is -0.130. The second-order valence-corrected chi connectivity index (χ2v) is 6.44. The van der Waals surface area contributed by atoms with Crippen molar-refractivity contribution in [1.29, 1.82) is 0 Å². The molecular weight excluding hydrogens is 396 g/mol. The molecule has 1 aromatic carbocycles. The summed E-state index contributed by atoms with van der Waals surface area (Å²) in [5, 5.41) is 3.29. The van der Waals surface area contributed by atoms with Gasteiger partial charge in [0.15, 0.2) is 11.5 Å². The summed E-state index contributed by atoms with van der Waals surface area (Å²) in [6.45, 7) is 6.85. The van der Waals surface area contributed by atoms with Crippen molar-refractivity contribution in [3.63, 3.8) is 0 Å². The summed E-state index contributed by atoms with van der Waals surface area (Å²) in [7, 11) is 1.88. The summed E-state index contributed by atoms with van der Waals surface area (Å²) in [6, 6.07) is 4.07. The van der Waals surface area contributed by atoms with Gasteiger partial charge in [-0.1, -0.05) is 15.9 Å². The van der Waals surface area contributed by atoms with Crippen molar-refractivity contribution in [2.45, 2.75) is 32.7 Å². The monoisotopic (exact) mass is 420 g/mol. The molecule has 1 saturated heterocycles. The predicted molar refractivity (Wildman–Crippen MR) is 101 cm³/mol. The molecule has 1 N–H and O–H groups in total. The fourth-order valence-electron chi connectivity index (χ4n) is 2.71. The topological polar surface area (TPSA) is 50.8 Å². The number of hydrogen-bond donors (Lipinski definition) is 1. The van der Waals surface area contributed by atoms with Gasteiger partial charge in [0.1, 0.15) is 0 Å². The molecule has 1 amide bonds. The van der Waals surface area contributed by atoms with Crippen LogP contribution in [0.5, 0.6) is 11.5 Å². The zero-order valence-corrected chi connectivity index (χ0v) is 16.8. The molecule has 0 saturated carbocycles. The molecule has 1 atom stereocenters. The Morgan fingerprint density at radius 1 is 1.29 bits per heavy atom. The van der Waals surface area contributed by atoms with E-state index in [0.717, 1.165) is 29.5 Å². The van der Waals surface area contributed by atoms with E-state index in [1.807, 2.05) is 37.9 Å². The number of carbonyl (C=O) groups is 1. The van der Waals surface area contributed by atoms with E-state index in [-0.39, 0.29) is 24.4 Å². The lowest BCUT2D eigenvalue weighted by Gasteiger charge is -2.24. The van der Waals surface area contributed by atoms with Crippen LogP contribution in [0.15, 0.2) is 16.6 Å². The van der Waals surface area contributed by atoms with Crippen LogP contribution < -0.4 is 14.8 Å². The highest BCUT2D eigenvalue weighted by Crippen LogP contribution is 2.34. The maximum atomic E-state index is 12.5. The Morgan fingerprint density at radius 2 is 1.92 bits per heavy atom. The highest BCUT2D eigenvalue weighted by atomic mass is 79.9. The summed E-state index contributed by atoms with van der Waals surface area (Å²) in [4.78, 5) is 14.4. The van der Waals surface area contributed by atoms with Crippen molar-refractivity contribution in [3.05, 3.63) is 22.2 Å². The predicted octanol–water partition coefficient (Wildman–Crippen LogP) is 3.03. The number of nitrogens with one attached hydrogen (secondary N) is 1. The van der Waals surface area contributed by atoms with Crippen molar-refractivity contribution >= 4 is 34.2 Å². The second kappa shape index (κ2) is 10.1. The molecule has 5 nitrogen and oxygen atoms in total. The van der Waals surface area contributed by atoms with E-state index in [2.05, 4.69) is 21.2 Å². The van der Waals surface area contributed by atoms with Crippen molar-refractivity contribution in [3.8, 4) is 11.5 Å². The molecule has 0 aromatic heterocycles. The van der Waals surface area contributed by atoms with E-state index in [4.69, 9.17) is 9.47 Å². The first-order valence-corrected chi connectivity index (χ1v) is 8.90. The molecule has 0 aliphatic carbocycles. The molecule has 0 bridgehead atoms. The minimum Gasteiger partial charge on any atom is -0.490 e. The van der Waals surface area contributed by atoms with Crippen molar-refractivity contribution < 1.29 is 14.3 Å². The summed E-state index contributed by atoms with van der Waals surface area (Å²) in [5.74, 6) is 1.50. The maximum Gasteiger partial charge on any atom is 0.227 e. The third kappa shape index (κ3) is 5.26. The van der Waals surface area contributed by atoms with Crippen molar-refractivity contribution in [1.82, 2.24) is 10.2 Å². The molecule has 7 heteroatoms. The van der Waals surface area contributed by atoms with Gasteiger partial charge in [-0.05, 0) is 44.5 Å². The molecule has 24 heavy (non-hydrogen) atoms. The Morgan fingerprint density at radius 3 is 2.46 bits per heavy atom. The first kappa shape index (κ1) is 21.1. The van der Waals surface area contributed by atoms with Crippen LogP contribution >= 0.6 is 28.3 Å². The standard InChI is InChI=1S/C17H25BrN2O3.ClH/c1-4-22-15-8-12(14(18)10-16(15)23-5-2)9-17(21)20(3)13-6-7-19-11-13;/h8,10,13,19H,4-7,9,11H2,1-3H3;1H. The van der Waals surface area contributed by atoms with E-state index in [9.17, 15) is 4.79 Å². The average Bonchev–Trinajstić information content (AvgIpc) is 3.05. The number of benzene rings is 1. The lowest BCUT2D eigenvalue weighted by atomic mass is 10.1. The number of hydrogen-bond acceptors (Lipinski definition) is 4. The van der Waals surface area contributed by atoms with Crippen LogP contribution in [0, 0.1) is 0 Å². The number of likely N-dealkylation sites (N-methyl/N-ethyl adjacent to an activating group) is 1. The number of amides is 1. The van der Waals surface area contributed by atoms with Crippen LogP contribution in [0.3, 0.4) is 0 Å². The molecule has 1 fully saturated rings. The molecule has 1 heterocycles. The maximum absolute atomic E-state index is 12.5. The number of ether oxygens (including phenoxy) is 2. The van der Waals surface area contributed by atoms with E-state index in [1.165, 1.54) is 0 Å². The zero-order valence-electron chi connectivity index (χ0n) is 14.4. The van der Waals surface area contributed by atoms with Crippen molar-refractivity contribution in [2.24, 2.45) is 0 Å². The number of carbonyl (C=O) groups excluding carboxylic acids is 1. The van der Waals surface area contributed by atoms with Gasteiger partial charge in [-0.25, -0.2) is 0 Å². The van der Waals surface area contributed by atoms with Gasteiger partial charge < -0.3 is 19.7 Å². The molecule has 0 radical (unpaired) electrons. The van der Waals surface area contributed by atoms with Crippen LogP contribution in [0.25, 0.3) is 0 Å². The molecule has 0 spiro atoms. The van der Waals surface area contributed by atoms with Crippen LogP contribution in [-0.4, -0.2) is 50.2 Å². The van der Waals surface area contributed by atoms with Gasteiger partial charge in [-0.3, -0.25) is 4.79 Å². The molecule has 1 aromatic rings. The largest absolute Gasteiger partial charge is 0.490 e. The Bertz CT molecular complexity index is 551. The van der Waals surface area contributed by atoms with Crippen LogP contribution in [0.4, 0.5) is 0 Å². The van der Waals surface area contributed by atoms with Crippen molar-refractivity contribution in [2.75, 3.05) is 33.4 Å². The van der Waals surface area contributed by atoms with Gasteiger partial charge >= 0.3 is 0 Å². The van der Waals surface area contributed by atoms with E-state index < -0.39 is 0 Å². The first-order valence-electron chi connectivity index (χ1n) is 8.11. The van der Waals surface area contributed by atoms with Gasteiger partial charge in [-0.2, -0.15) is 0 Å². The Labute approximate surface area is 158 Å².